The summed E-state index contributed by atoms with van der Waals surface area (Å²) in [6.07, 6.45) is 8.15. The molecule has 160 valence electrons. The minimum absolute atomic E-state index is 0.0524. The van der Waals surface area contributed by atoms with Crippen LogP contribution < -0.4 is 15.2 Å². The quantitative estimate of drug-likeness (QED) is 0.479. The Morgan fingerprint density at radius 3 is 2.55 bits per heavy atom. The van der Waals surface area contributed by atoms with Gasteiger partial charge < -0.3 is 18.6 Å². The lowest BCUT2D eigenvalue weighted by molar-refractivity contribution is 0.250. The average Bonchev–Trinajstić information content (AvgIpc) is 3.32. The molecular formula is C23H26N6O2. The summed E-state index contributed by atoms with van der Waals surface area (Å²) in [5.41, 5.74) is 3.74. The maximum absolute atomic E-state index is 13.1. The lowest BCUT2D eigenvalue weighted by Gasteiger charge is -2.35. The van der Waals surface area contributed by atoms with Crippen LogP contribution in [0.25, 0.3) is 16.6 Å². The fraction of sp³-hybridized carbons (Fsp3) is 0.348. The molecule has 31 heavy (non-hydrogen) atoms. The first kappa shape index (κ1) is 19.6. The molecule has 0 saturated carbocycles. The number of aryl methyl sites for hydroxylation is 1. The zero-order chi connectivity index (χ0) is 21.2. The van der Waals surface area contributed by atoms with Crippen molar-refractivity contribution < 1.29 is 4.74 Å². The second-order valence-corrected chi connectivity index (χ2v) is 7.85. The lowest BCUT2D eigenvalue weighted by Crippen LogP contribution is -2.46. The molecule has 1 saturated heterocycles. The normalized spacial score (nSPS) is 15.1. The first-order valence-electron chi connectivity index (χ1n) is 10.6. The molecule has 1 fully saturated rings. The number of aromatic nitrogens is 4. The van der Waals surface area contributed by atoms with Gasteiger partial charge in [0.05, 0.1) is 36.2 Å². The van der Waals surface area contributed by atoms with E-state index in [0.29, 0.717) is 12.1 Å². The Balaban J connectivity index is 1.29. The zero-order valence-corrected chi connectivity index (χ0v) is 17.6. The van der Waals surface area contributed by atoms with Gasteiger partial charge in [0.15, 0.2) is 0 Å². The number of nitrogens with zero attached hydrogens (tertiary/aromatic N) is 6. The Bertz CT molecular complexity index is 1240. The van der Waals surface area contributed by atoms with Crippen LogP contribution in [-0.4, -0.2) is 63.7 Å². The molecule has 0 atom stereocenters. The number of ether oxygens (including phenoxy) is 1. The van der Waals surface area contributed by atoms with E-state index >= 15 is 0 Å². The molecule has 3 aromatic heterocycles. The Labute approximate surface area is 180 Å². The van der Waals surface area contributed by atoms with Gasteiger partial charge >= 0.3 is 0 Å². The van der Waals surface area contributed by atoms with E-state index in [1.807, 2.05) is 57.9 Å². The molecule has 0 N–H and O–H groups in total. The van der Waals surface area contributed by atoms with Gasteiger partial charge in [-0.05, 0) is 37.2 Å². The van der Waals surface area contributed by atoms with Crippen molar-refractivity contribution in [1.82, 2.24) is 23.8 Å². The molecular weight excluding hydrogens is 392 g/mol. The lowest BCUT2D eigenvalue weighted by atomic mass is 10.2. The summed E-state index contributed by atoms with van der Waals surface area (Å²) in [6.45, 7) is 5.59. The first-order chi connectivity index (χ1) is 15.2. The third-order valence-electron chi connectivity index (χ3n) is 6.09. The first-order valence-corrected chi connectivity index (χ1v) is 10.6. The molecule has 8 nitrogen and oxygen atoms in total. The monoisotopic (exact) mass is 418 g/mol. The van der Waals surface area contributed by atoms with Crippen molar-refractivity contribution in [2.45, 2.75) is 13.0 Å². The van der Waals surface area contributed by atoms with Gasteiger partial charge in [-0.3, -0.25) is 9.69 Å². The van der Waals surface area contributed by atoms with Crippen LogP contribution in [0.5, 0.6) is 5.75 Å². The van der Waals surface area contributed by atoms with Crippen LogP contribution in [0, 0.1) is 0 Å². The number of methoxy groups -OCH3 is 1. The van der Waals surface area contributed by atoms with E-state index in [1.54, 1.807) is 13.4 Å². The summed E-state index contributed by atoms with van der Waals surface area (Å²) in [5.74, 6) is 0.786. The predicted octanol–water partition coefficient (Wildman–Crippen LogP) is 2.27. The minimum atomic E-state index is 0.0524. The smallest absolute Gasteiger partial charge is 0.275 e. The van der Waals surface area contributed by atoms with Gasteiger partial charge in [-0.2, -0.15) is 0 Å². The highest BCUT2D eigenvalue weighted by Gasteiger charge is 2.18. The van der Waals surface area contributed by atoms with Crippen LogP contribution in [0.2, 0.25) is 0 Å². The van der Waals surface area contributed by atoms with Crippen molar-refractivity contribution in [2.75, 3.05) is 44.7 Å². The standard InChI is InChI=1S/C23H26N6O2/c1-31-19-5-6-20-22(14-19)28-8-2-4-21(28)23(30)29(20)9-3-7-26-10-12-27(13-11-26)18-15-24-17-25-16-18/h2,4-6,8,14-17H,3,7,9-13H2,1H3. The molecule has 1 aliphatic heterocycles. The molecule has 0 spiro atoms. The van der Waals surface area contributed by atoms with Crippen LogP contribution in [0.15, 0.2) is 60.0 Å². The Hall–Kier alpha value is -3.39. The molecule has 0 radical (unpaired) electrons. The topological polar surface area (TPSA) is 67.9 Å². The van der Waals surface area contributed by atoms with Crippen molar-refractivity contribution in [2.24, 2.45) is 0 Å². The summed E-state index contributed by atoms with van der Waals surface area (Å²) in [7, 11) is 1.66. The van der Waals surface area contributed by atoms with Crippen molar-refractivity contribution in [1.29, 1.82) is 0 Å². The summed E-state index contributed by atoms with van der Waals surface area (Å²) in [6, 6.07) is 9.68. The molecule has 1 aliphatic rings. The van der Waals surface area contributed by atoms with E-state index in [0.717, 1.165) is 61.6 Å². The van der Waals surface area contributed by atoms with E-state index in [-0.39, 0.29) is 5.56 Å². The van der Waals surface area contributed by atoms with E-state index in [1.165, 1.54) is 0 Å². The third kappa shape index (κ3) is 3.74. The maximum Gasteiger partial charge on any atom is 0.275 e. The van der Waals surface area contributed by atoms with Crippen molar-refractivity contribution in [3.05, 3.63) is 65.6 Å². The maximum atomic E-state index is 13.1. The SMILES string of the molecule is COc1ccc2c(c1)n1cccc1c(=O)n2CCCN1CCN(c2cncnc2)CC1. The molecule has 0 aliphatic carbocycles. The fourth-order valence-corrected chi connectivity index (χ4v) is 4.42. The Morgan fingerprint density at radius 2 is 1.77 bits per heavy atom. The van der Waals surface area contributed by atoms with Gasteiger partial charge in [0.2, 0.25) is 0 Å². The molecule has 0 unspecified atom stereocenters. The Morgan fingerprint density at radius 1 is 0.968 bits per heavy atom. The van der Waals surface area contributed by atoms with Crippen molar-refractivity contribution in [3.63, 3.8) is 0 Å². The average molecular weight is 419 g/mol. The summed E-state index contributed by atoms with van der Waals surface area (Å²) >= 11 is 0. The summed E-state index contributed by atoms with van der Waals surface area (Å²) < 4.78 is 9.25. The highest BCUT2D eigenvalue weighted by Crippen LogP contribution is 2.21. The van der Waals surface area contributed by atoms with Crippen LogP contribution in [0.3, 0.4) is 0 Å². The molecule has 0 bridgehead atoms. The minimum Gasteiger partial charge on any atom is -0.497 e. The van der Waals surface area contributed by atoms with Crippen LogP contribution in [0.1, 0.15) is 6.42 Å². The zero-order valence-electron chi connectivity index (χ0n) is 17.6. The number of rotatable bonds is 6. The number of benzene rings is 1. The number of anilines is 1. The number of fused-ring (bicyclic) bond motifs is 3. The van der Waals surface area contributed by atoms with E-state index < -0.39 is 0 Å². The largest absolute Gasteiger partial charge is 0.497 e. The second kappa shape index (κ2) is 8.39. The highest BCUT2D eigenvalue weighted by molar-refractivity contribution is 5.80. The summed E-state index contributed by atoms with van der Waals surface area (Å²) in [4.78, 5) is 26.1. The van der Waals surface area contributed by atoms with Gasteiger partial charge in [-0.1, -0.05) is 0 Å². The van der Waals surface area contributed by atoms with E-state index in [9.17, 15) is 4.79 Å². The highest BCUT2D eigenvalue weighted by atomic mass is 16.5. The van der Waals surface area contributed by atoms with Crippen LogP contribution >= 0.6 is 0 Å². The molecule has 8 heteroatoms. The van der Waals surface area contributed by atoms with E-state index in [4.69, 9.17) is 4.74 Å². The predicted molar refractivity (Wildman–Crippen MR) is 121 cm³/mol. The van der Waals surface area contributed by atoms with Gasteiger partial charge in [-0.15, -0.1) is 0 Å². The number of piperazine rings is 1. The van der Waals surface area contributed by atoms with Gasteiger partial charge in [0.25, 0.3) is 5.56 Å². The summed E-state index contributed by atoms with van der Waals surface area (Å²) in [5, 5.41) is 0. The molecule has 0 amide bonds. The van der Waals surface area contributed by atoms with Gasteiger partial charge in [0, 0.05) is 45.0 Å². The van der Waals surface area contributed by atoms with Crippen LogP contribution in [0.4, 0.5) is 5.69 Å². The fourth-order valence-electron chi connectivity index (χ4n) is 4.42. The molecule has 5 rings (SSSR count). The number of hydrogen-bond acceptors (Lipinski definition) is 6. The van der Waals surface area contributed by atoms with Gasteiger partial charge in [-0.25, -0.2) is 9.97 Å². The van der Waals surface area contributed by atoms with Crippen molar-refractivity contribution in [3.8, 4) is 5.75 Å². The molecule has 4 aromatic rings. The van der Waals surface area contributed by atoms with Crippen molar-refractivity contribution >= 4 is 22.2 Å². The molecule has 1 aromatic carbocycles. The van der Waals surface area contributed by atoms with E-state index in [2.05, 4.69) is 19.8 Å². The second-order valence-electron chi connectivity index (χ2n) is 7.85. The third-order valence-corrected chi connectivity index (χ3v) is 6.09. The number of hydrogen-bond donors (Lipinski definition) is 0. The molecule has 4 heterocycles. The van der Waals surface area contributed by atoms with Gasteiger partial charge in [0.1, 0.15) is 17.6 Å². The van der Waals surface area contributed by atoms with Crippen LogP contribution in [-0.2, 0) is 6.54 Å². The Kier molecular flexibility index (Phi) is 5.30.